The molecule has 2 heterocycles. The highest BCUT2D eigenvalue weighted by Crippen LogP contribution is 2.32. The monoisotopic (exact) mass is 431 g/mol. The molecule has 9 heteroatoms. The maximum atomic E-state index is 13.0. The Morgan fingerprint density at radius 3 is 2.79 bits per heavy atom. The molecule has 1 atom stereocenters. The van der Waals surface area contributed by atoms with Gasteiger partial charge in [0.1, 0.15) is 0 Å². The Kier molecular flexibility index (Phi) is 5.39. The quantitative estimate of drug-likeness (QED) is 0.661. The van der Waals surface area contributed by atoms with E-state index in [0.29, 0.717) is 24.5 Å². The van der Waals surface area contributed by atoms with Gasteiger partial charge in [0.2, 0.25) is 15.9 Å². The van der Waals surface area contributed by atoms with Crippen LogP contribution in [0.3, 0.4) is 0 Å². The second kappa shape index (κ2) is 7.83. The van der Waals surface area contributed by atoms with Crippen molar-refractivity contribution in [3.63, 3.8) is 0 Å². The number of aliphatic hydroxyl groups excluding tert-OH is 1. The average Bonchev–Trinajstić information content (AvgIpc) is 3.08. The highest BCUT2D eigenvalue weighted by molar-refractivity contribution is 7.89. The van der Waals surface area contributed by atoms with Crippen LogP contribution in [0, 0.1) is 0 Å². The number of carbonyl (C=O) groups is 1. The van der Waals surface area contributed by atoms with E-state index < -0.39 is 16.1 Å². The van der Waals surface area contributed by atoms with Gasteiger partial charge in [-0.05, 0) is 48.2 Å². The Balaban J connectivity index is 1.67. The molecule has 1 aromatic heterocycles. The van der Waals surface area contributed by atoms with Gasteiger partial charge in [-0.1, -0.05) is 29.5 Å². The Bertz CT molecular complexity index is 1170. The fraction of sp³-hybridized carbons (Fsp3) is 0.300. The van der Waals surface area contributed by atoms with Gasteiger partial charge in [-0.3, -0.25) is 4.79 Å². The Hall–Kier alpha value is -2.33. The first kappa shape index (κ1) is 20.0. The molecular weight excluding hydrogens is 410 g/mol. The van der Waals surface area contributed by atoms with Crippen molar-refractivity contribution in [2.75, 3.05) is 18.4 Å². The molecule has 0 radical (unpaired) electrons. The van der Waals surface area contributed by atoms with E-state index in [1.807, 2.05) is 24.3 Å². The largest absolute Gasteiger partial charge is 0.392 e. The van der Waals surface area contributed by atoms with Crippen LogP contribution in [-0.4, -0.2) is 47.9 Å². The van der Waals surface area contributed by atoms with Crippen molar-refractivity contribution >= 4 is 42.6 Å². The summed E-state index contributed by atoms with van der Waals surface area (Å²) in [6, 6.07) is 12.5. The molecule has 152 valence electrons. The molecular formula is C20H21N3O4S2. The molecule has 1 fully saturated rings. The van der Waals surface area contributed by atoms with Gasteiger partial charge in [0, 0.05) is 20.0 Å². The van der Waals surface area contributed by atoms with Crippen molar-refractivity contribution in [2.45, 2.75) is 30.8 Å². The first-order chi connectivity index (χ1) is 13.8. The third-order valence-electron chi connectivity index (χ3n) is 4.84. The second-order valence-corrected chi connectivity index (χ2v) is 10.0. The summed E-state index contributed by atoms with van der Waals surface area (Å²) < 4.78 is 28.3. The summed E-state index contributed by atoms with van der Waals surface area (Å²) in [6.07, 6.45) is 0.661. The van der Waals surface area contributed by atoms with Gasteiger partial charge in [-0.15, -0.1) is 0 Å². The molecule has 1 amide bonds. The van der Waals surface area contributed by atoms with Gasteiger partial charge >= 0.3 is 0 Å². The zero-order valence-electron chi connectivity index (χ0n) is 15.8. The lowest BCUT2D eigenvalue weighted by atomic mass is 10.1. The maximum absolute atomic E-state index is 13.0. The van der Waals surface area contributed by atoms with Crippen LogP contribution in [0.15, 0.2) is 47.4 Å². The van der Waals surface area contributed by atoms with Crippen LogP contribution in [0.5, 0.6) is 0 Å². The predicted octanol–water partition coefficient (Wildman–Crippen LogP) is 3.07. The topological polar surface area (TPSA) is 99.6 Å². The normalized spacial score (nSPS) is 18.1. The lowest BCUT2D eigenvalue weighted by molar-refractivity contribution is -0.114. The van der Waals surface area contributed by atoms with E-state index in [0.717, 1.165) is 21.3 Å². The lowest BCUT2D eigenvalue weighted by Gasteiger charge is -2.29. The molecule has 0 spiro atoms. The van der Waals surface area contributed by atoms with Gasteiger partial charge in [0.25, 0.3) is 0 Å². The number of β-amino-alcohol motifs (C(OH)–C–C–N with tert-alkyl or cyclic N) is 1. The SMILES string of the molecule is CC(=O)Nc1nc2ccc(-c3cccc(S(=O)(=O)N4CCC[C@@H](O)C4)c3)cc2s1. The van der Waals surface area contributed by atoms with Crippen molar-refractivity contribution in [2.24, 2.45) is 0 Å². The number of hydrogen-bond donors (Lipinski definition) is 2. The number of aliphatic hydroxyl groups is 1. The molecule has 0 unspecified atom stereocenters. The number of anilines is 1. The Morgan fingerprint density at radius 2 is 2.03 bits per heavy atom. The molecule has 2 N–H and O–H groups in total. The summed E-state index contributed by atoms with van der Waals surface area (Å²) >= 11 is 1.37. The summed E-state index contributed by atoms with van der Waals surface area (Å²) in [4.78, 5) is 15.8. The van der Waals surface area contributed by atoms with E-state index in [9.17, 15) is 18.3 Å². The predicted molar refractivity (Wildman–Crippen MR) is 113 cm³/mol. The number of thiazole rings is 1. The van der Waals surface area contributed by atoms with Gasteiger partial charge in [0.15, 0.2) is 5.13 Å². The molecule has 29 heavy (non-hydrogen) atoms. The minimum absolute atomic E-state index is 0.130. The fourth-order valence-electron chi connectivity index (χ4n) is 3.43. The summed E-state index contributed by atoms with van der Waals surface area (Å²) in [5.74, 6) is -0.176. The Labute approximate surface area is 173 Å². The minimum Gasteiger partial charge on any atom is -0.392 e. The van der Waals surface area contributed by atoms with Crippen molar-refractivity contribution in [1.82, 2.24) is 9.29 Å². The number of nitrogens with one attached hydrogen (secondary N) is 1. The number of aromatic nitrogens is 1. The molecule has 0 saturated carbocycles. The highest BCUT2D eigenvalue weighted by Gasteiger charge is 2.29. The summed E-state index contributed by atoms with van der Waals surface area (Å²) in [5.41, 5.74) is 2.42. The number of rotatable bonds is 4. The number of sulfonamides is 1. The number of benzene rings is 2. The highest BCUT2D eigenvalue weighted by atomic mass is 32.2. The third kappa shape index (κ3) is 4.18. The van der Waals surface area contributed by atoms with Crippen LogP contribution >= 0.6 is 11.3 Å². The first-order valence-corrected chi connectivity index (χ1v) is 11.6. The van der Waals surface area contributed by atoms with Crippen LogP contribution in [0.2, 0.25) is 0 Å². The van der Waals surface area contributed by atoms with E-state index in [4.69, 9.17) is 0 Å². The van der Waals surface area contributed by atoms with Crippen molar-refractivity contribution < 1.29 is 18.3 Å². The summed E-state index contributed by atoms with van der Waals surface area (Å²) in [5, 5.41) is 13.1. The van der Waals surface area contributed by atoms with Crippen molar-refractivity contribution in [3.05, 3.63) is 42.5 Å². The van der Waals surface area contributed by atoms with Gasteiger partial charge < -0.3 is 10.4 Å². The molecule has 1 aliphatic heterocycles. The first-order valence-electron chi connectivity index (χ1n) is 9.30. The number of hydrogen-bond acceptors (Lipinski definition) is 6. The van der Waals surface area contributed by atoms with Crippen molar-refractivity contribution in [1.29, 1.82) is 0 Å². The van der Waals surface area contributed by atoms with E-state index >= 15 is 0 Å². The summed E-state index contributed by atoms with van der Waals surface area (Å²) in [6.45, 7) is 1.98. The summed E-state index contributed by atoms with van der Waals surface area (Å²) in [7, 11) is -3.66. The molecule has 2 aromatic carbocycles. The molecule has 0 aliphatic carbocycles. The second-order valence-electron chi connectivity index (χ2n) is 7.07. The molecule has 1 aliphatic rings. The fourth-order valence-corrected chi connectivity index (χ4v) is 5.95. The Morgan fingerprint density at radius 1 is 1.24 bits per heavy atom. The molecule has 7 nitrogen and oxygen atoms in total. The maximum Gasteiger partial charge on any atom is 0.243 e. The van der Waals surface area contributed by atoms with E-state index in [1.54, 1.807) is 18.2 Å². The zero-order chi connectivity index (χ0) is 20.6. The van der Waals surface area contributed by atoms with Crippen molar-refractivity contribution in [3.8, 4) is 11.1 Å². The number of amides is 1. The van der Waals surface area contributed by atoms with Gasteiger partial charge in [0.05, 0.1) is 21.2 Å². The smallest absolute Gasteiger partial charge is 0.243 e. The molecule has 4 rings (SSSR count). The lowest BCUT2D eigenvalue weighted by Crippen LogP contribution is -2.42. The standard InChI is InChI=1S/C20H21N3O4S2/c1-13(24)21-20-22-18-8-7-15(11-19(18)28-20)14-4-2-6-17(10-14)29(26,27)23-9-3-5-16(25)12-23/h2,4,6-8,10-11,16,25H,3,5,9,12H2,1H3,(H,21,22,24)/t16-/m1/s1. The van der Waals surface area contributed by atoms with Gasteiger partial charge in [-0.2, -0.15) is 4.31 Å². The number of piperidine rings is 1. The number of fused-ring (bicyclic) bond motifs is 1. The molecule has 0 bridgehead atoms. The minimum atomic E-state index is -3.66. The third-order valence-corrected chi connectivity index (χ3v) is 7.63. The van der Waals surface area contributed by atoms with Gasteiger partial charge in [-0.25, -0.2) is 13.4 Å². The number of carbonyl (C=O) groups excluding carboxylic acids is 1. The van der Waals surface area contributed by atoms with Crippen LogP contribution < -0.4 is 5.32 Å². The average molecular weight is 432 g/mol. The zero-order valence-corrected chi connectivity index (χ0v) is 17.5. The van der Waals surface area contributed by atoms with E-state index in [-0.39, 0.29) is 17.3 Å². The molecule has 3 aromatic rings. The number of nitrogens with zero attached hydrogens (tertiary/aromatic N) is 2. The van der Waals surface area contributed by atoms with Crippen LogP contribution in [0.25, 0.3) is 21.3 Å². The van der Waals surface area contributed by atoms with Crippen LogP contribution in [-0.2, 0) is 14.8 Å². The molecule has 1 saturated heterocycles. The van der Waals surface area contributed by atoms with E-state index in [2.05, 4.69) is 10.3 Å². The van der Waals surface area contributed by atoms with Crippen LogP contribution in [0.4, 0.5) is 5.13 Å². The van der Waals surface area contributed by atoms with E-state index in [1.165, 1.54) is 22.6 Å². The van der Waals surface area contributed by atoms with Crippen LogP contribution in [0.1, 0.15) is 19.8 Å².